The van der Waals surface area contributed by atoms with Crippen molar-refractivity contribution in [2.45, 2.75) is 18.9 Å². The summed E-state index contributed by atoms with van der Waals surface area (Å²) in [5.74, 6) is -0.970. The molecule has 1 saturated heterocycles. The van der Waals surface area contributed by atoms with Crippen LogP contribution >= 0.6 is 0 Å². The van der Waals surface area contributed by atoms with Gasteiger partial charge in [0.25, 0.3) is 0 Å². The average molecular weight is 137 g/mol. The van der Waals surface area contributed by atoms with Crippen molar-refractivity contribution in [3.63, 3.8) is 0 Å². The summed E-state index contributed by atoms with van der Waals surface area (Å²) in [6, 6.07) is -0.380. The molecule has 3 nitrogen and oxygen atoms in total. The van der Waals surface area contributed by atoms with Crippen molar-refractivity contribution < 1.29 is 39.5 Å². The maximum absolute atomic E-state index is 10.0. The number of hydrogen-bond acceptors (Lipinski definition) is 3. The van der Waals surface area contributed by atoms with E-state index in [0.29, 0.717) is 0 Å². The van der Waals surface area contributed by atoms with Crippen LogP contribution in [0.25, 0.3) is 0 Å². The number of carbonyl (C=O) groups excluding carboxylic acids is 1. The van der Waals surface area contributed by atoms with Gasteiger partial charge in [-0.3, -0.25) is 0 Å². The number of nitrogens with one attached hydrogen (secondary N) is 1. The molecule has 1 rings (SSSR count). The van der Waals surface area contributed by atoms with Gasteiger partial charge in [-0.2, -0.15) is 0 Å². The van der Waals surface area contributed by atoms with E-state index in [-0.39, 0.29) is 35.6 Å². The summed E-state index contributed by atoms with van der Waals surface area (Å²) in [4.78, 5) is 10.0. The van der Waals surface area contributed by atoms with Crippen LogP contribution < -0.4 is 40.0 Å². The molecule has 1 N–H and O–H groups in total. The average Bonchev–Trinajstić information content (AvgIpc) is 2.12. The molecular formula is C5H8NNaO2. The van der Waals surface area contributed by atoms with E-state index in [9.17, 15) is 9.90 Å². The smallest absolute Gasteiger partial charge is 0.548 e. The second-order valence-electron chi connectivity index (χ2n) is 1.97. The van der Waals surface area contributed by atoms with Crippen molar-refractivity contribution in [3.05, 3.63) is 0 Å². The van der Waals surface area contributed by atoms with Crippen LogP contribution in [-0.4, -0.2) is 18.6 Å². The molecule has 0 aliphatic carbocycles. The Labute approximate surface area is 76.1 Å². The molecule has 1 aliphatic rings. The third kappa shape index (κ3) is 2.67. The van der Waals surface area contributed by atoms with Gasteiger partial charge in [-0.05, 0) is 19.4 Å². The predicted molar refractivity (Wildman–Crippen MR) is 26.0 cm³/mol. The standard InChI is InChI=1S/C5H9NO2.Na/c7-5(8)4-2-1-3-6-4;/h4,6H,1-3H2,(H,7,8);/q;+1/p-1. The van der Waals surface area contributed by atoms with E-state index in [1.165, 1.54) is 0 Å². The van der Waals surface area contributed by atoms with Crippen LogP contribution in [0.4, 0.5) is 0 Å². The summed E-state index contributed by atoms with van der Waals surface area (Å²) in [5.41, 5.74) is 0. The Kier molecular flexibility index (Phi) is 4.48. The SMILES string of the molecule is O=C([O-])C1CCCN1.[Na+]. The molecule has 1 unspecified atom stereocenters. The fourth-order valence-electron chi connectivity index (χ4n) is 0.886. The maximum atomic E-state index is 10.0. The molecule has 1 heterocycles. The van der Waals surface area contributed by atoms with Crippen LogP contribution in [0.3, 0.4) is 0 Å². The normalized spacial score (nSPS) is 25.1. The number of carbonyl (C=O) groups is 1. The van der Waals surface area contributed by atoms with Gasteiger partial charge in [0.15, 0.2) is 0 Å². The molecule has 0 saturated carbocycles. The molecule has 9 heavy (non-hydrogen) atoms. The fourth-order valence-corrected chi connectivity index (χ4v) is 0.886. The van der Waals surface area contributed by atoms with E-state index >= 15 is 0 Å². The van der Waals surface area contributed by atoms with Gasteiger partial charge in [0, 0.05) is 6.04 Å². The quantitative estimate of drug-likeness (QED) is 0.370. The molecule has 1 atom stereocenters. The topological polar surface area (TPSA) is 52.2 Å². The van der Waals surface area contributed by atoms with Crippen molar-refractivity contribution >= 4 is 5.97 Å². The maximum Gasteiger partial charge on any atom is 1.00 e. The summed E-state index contributed by atoms with van der Waals surface area (Å²) in [5, 5.41) is 12.8. The second kappa shape index (κ2) is 4.28. The molecule has 0 radical (unpaired) electrons. The van der Waals surface area contributed by atoms with E-state index in [2.05, 4.69) is 5.32 Å². The van der Waals surface area contributed by atoms with E-state index in [1.807, 2.05) is 0 Å². The van der Waals surface area contributed by atoms with Crippen LogP contribution in [0.15, 0.2) is 0 Å². The molecular weight excluding hydrogens is 129 g/mol. The minimum Gasteiger partial charge on any atom is -0.548 e. The first-order valence-electron chi connectivity index (χ1n) is 2.75. The Morgan fingerprint density at radius 2 is 2.33 bits per heavy atom. The first-order chi connectivity index (χ1) is 3.80. The van der Waals surface area contributed by atoms with E-state index in [4.69, 9.17) is 0 Å². The van der Waals surface area contributed by atoms with Crippen molar-refractivity contribution in [1.29, 1.82) is 0 Å². The molecule has 0 bridgehead atoms. The zero-order valence-electron chi connectivity index (χ0n) is 5.52. The number of rotatable bonds is 1. The van der Waals surface area contributed by atoms with E-state index < -0.39 is 5.97 Å². The Balaban J connectivity index is 0.000000640. The summed E-state index contributed by atoms with van der Waals surface area (Å²) < 4.78 is 0. The van der Waals surface area contributed by atoms with Gasteiger partial charge in [-0.15, -0.1) is 0 Å². The van der Waals surface area contributed by atoms with Gasteiger partial charge in [0.05, 0.1) is 5.97 Å². The van der Waals surface area contributed by atoms with Crippen LogP contribution in [-0.2, 0) is 4.79 Å². The molecule has 4 heteroatoms. The Hall–Kier alpha value is 0.430. The zero-order chi connectivity index (χ0) is 5.98. The molecule has 1 fully saturated rings. The predicted octanol–water partition coefficient (Wildman–Crippen LogP) is -4.51. The molecule has 0 aromatic heterocycles. The van der Waals surface area contributed by atoms with Gasteiger partial charge < -0.3 is 15.2 Å². The summed E-state index contributed by atoms with van der Waals surface area (Å²) in [7, 11) is 0. The van der Waals surface area contributed by atoms with Gasteiger partial charge in [-0.25, -0.2) is 0 Å². The zero-order valence-corrected chi connectivity index (χ0v) is 7.52. The Morgan fingerprint density at radius 3 is 2.56 bits per heavy atom. The fraction of sp³-hybridized carbons (Fsp3) is 0.800. The minimum absolute atomic E-state index is 0. The number of carboxylic acid groups (broad SMARTS) is 1. The molecule has 0 aromatic carbocycles. The Bertz CT molecular complexity index is 101. The second-order valence-corrected chi connectivity index (χ2v) is 1.97. The Morgan fingerprint density at radius 1 is 1.67 bits per heavy atom. The molecule has 46 valence electrons. The van der Waals surface area contributed by atoms with Crippen molar-refractivity contribution in [2.24, 2.45) is 0 Å². The van der Waals surface area contributed by atoms with Gasteiger partial charge in [0.1, 0.15) is 0 Å². The molecule has 0 aromatic rings. The molecule has 1 aliphatic heterocycles. The number of hydrogen-bond donors (Lipinski definition) is 1. The van der Waals surface area contributed by atoms with Gasteiger partial charge in [-0.1, -0.05) is 0 Å². The van der Waals surface area contributed by atoms with Crippen molar-refractivity contribution in [1.82, 2.24) is 5.32 Å². The third-order valence-electron chi connectivity index (χ3n) is 1.34. The van der Waals surface area contributed by atoms with Crippen LogP contribution in [0.1, 0.15) is 12.8 Å². The molecule has 0 amide bonds. The van der Waals surface area contributed by atoms with Crippen LogP contribution in [0.5, 0.6) is 0 Å². The largest absolute Gasteiger partial charge is 1.00 e. The van der Waals surface area contributed by atoms with Gasteiger partial charge in [0.2, 0.25) is 0 Å². The monoisotopic (exact) mass is 137 g/mol. The summed E-state index contributed by atoms with van der Waals surface area (Å²) in [6.07, 6.45) is 1.68. The first kappa shape index (κ1) is 9.43. The summed E-state index contributed by atoms with van der Waals surface area (Å²) >= 11 is 0. The third-order valence-corrected chi connectivity index (χ3v) is 1.34. The first-order valence-corrected chi connectivity index (χ1v) is 2.75. The number of carboxylic acids is 1. The van der Waals surface area contributed by atoms with E-state index in [1.54, 1.807) is 0 Å². The minimum atomic E-state index is -0.970. The number of aliphatic carboxylic acids is 1. The van der Waals surface area contributed by atoms with Crippen molar-refractivity contribution in [2.75, 3.05) is 6.54 Å². The summed E-state index contributed by atoms with van der Waals surface area (Å²) in [6.45, 7) is 0.818. The van der Waals surface area contributed by atoms with E-state index in [0.717, 1.165) is 19.4 Å². The van der Waals surface area contributed by atoms with Crippen LogP contribution in [0.2, 0.25) is 0 Å². The molecule has 0 spiro atoms. The van der Waals surface area contributed by atoms with Gasteiger partial charge >= 0.3 is 29.6 Å². The van der Waals surface area contributed by atoms with Crippen molar-refractivity contribution in [3.8, 4) is 0 Å². The van der Waals surface area contributed by atoms with Crippen LogP contribution in [0, 0.1) is 0 Å².